The fourth-order valence-corrected chi connectivity index (χ4v) is 1.73. The second-order valence-electron chi connectivity index (χ2n) is 4.46. The van der Waals surface area contributed by atoms with Crippen molar-refractivity contribution in [1.82, 2.24) is 5.32 Å². The van der Waals surface area contributed by atoms with Crippen LogP contribution >= 0.6 is 0 Å². The summed E-state index contributed by atoms with van der Waals surface area (Å²) in [5, 5.41) is 2.68. The molecule has 0 radical (unpaired) electrons. The van der Waals surface area contributed by atoms with Gasteiger partial charge in [-0.3, -0.25) is 4.79 Å². The van der Waals surface area contributed by atoms with Gasteiger partial charge < -0.3 is 15.8 Å². The van der Waals surface area contributed by atoms with E-state index in [1.807, 2.05) is 30.3 Å². The van der Waals surface area contributed by atoms with Crippen molar-refractivity contribution < 1.29 is 14.3 Å². The predicted octanol–water partition coefficient (Wildman–Crippen LogP) is 1.74. The number of hydrogen-bond acceptors (Lipinski definition) is 4. The van der Waals surface area contributed by atoms with Crippen LogP contribution in [0.4, 0.5) is 5.69 Å². The van der Waals surface area contributed by atoms with Crippen molar-refractivity contribution in [3.8, 4) is 0 Å². The molecule has 2 aromatic rings. The Morgan fingerprint density at radius 3 is 2.52 bits per heavy atom. The third-order valence-electron chi connectivity index (χ3n) is 2.79. The number of anilines is 1. The standard InChI is InChI=1S/C16H16N2O3/c17-14-8-4-7-13(9-14)16(20)21-11-15(19)18-10-12-5-2-1-3-6-12/h1-9H,10-11,17H2,(H,18,19). The monoisotopic (exact) mass is 284 g/mol. The summed E-state index contributed by atoms with van der Waals surface area (Å²) in [7, 11) is 0. The number of nitrogens with one attached hydrogen (secondary N) is 1. The van der Waals surface area contributed by atoms with Crippen LogP contribution in [0.15, 0.2) is 54.6 Å². The number of nitrogen functional groups attached to an aromatic ring is 1. The fraction of sp³-hybridized carbons (Fsp3) is 0.125. The van der Waals surface area contributed by atoms with Gasteiger partial charge in [-0.1, -0.05) is 36.4 Å². The minimum absolute atomic E-state index is 0.319. The van der Waals surface area contributed by atoms with E-state index in [2.05, 4.69) is 5.32 Å². The van der Waals surface area contributed by atoms with Crippen LogP contribution < -0.4 is 11.1 Å². The van der Waals surface area contributed by atoms with Crippen LogP contribution in [-0.4, -0.2) is 18.5 Å². The Labute approximate surface area is 122 Å². The molecular weight excluding hydrogens is 268 g/mol. The number of ether oxygens (including phenoxy) is 1. The summed E-state index contributed by atoms with van der Waals surface area (Å²) < 4.78 is 4.93. The Bertz CT molecular complexity index is 626. The number of esters is 1. The minimum Gasteiger partial charge on any atom is -0.452 e. The highest BCUT2D eigenvalue weighted by molar-refractivity contribution is 5.92. The lowest BCUT2D eigenvalue weighted by Gasteiger charge is -2.07. The Kier molecular flexibility index (Phi) is 4.93. The van der Waals surface area contributed by atoms with E-state index in [1.165, 1.54) is 6.07 Å². The number of hydrogen-bond donors (Lipinski definition) is 2. The van der Waals surface area contributed by atoms with E-state index in [4.69, 9.17) is 10.5 Å². The number of carbonyl (C=O) groups is 2. The molecule has 3 N–H and O–H groups in total. The SMILES string of the molecule is Nc1cccc(C(=O)OCC(=O)NCc2ccccc2)c1. The number of carbonyl (C=O) groups excluding carboxylic acids is 2. The average Bonchev–Trinajstić information content (AvgIpc) is 2.51. The van der Waals surface area contributed by atoms with Crippen molar-refractivity contribution in [2.75, 3.05) is 12.3 Å². The quantitative estimate of drug-likeness (QED) is 0.647. The molecular formula is C16H16N2O3. The molecule has 1 amide bonds. The summed E-state index contributed by atoms with van der Waals surface area (Å²) in [5.41, 5.74) is 7.35. The van der Waals surface area contributed by atoms with E-state index < -0.39 is 5.97 Å². The van der Waals surface area contributed by atoms with Gasteiger partial charge in [0.25, 0.3) is 5.91 Å². The molecule has 0 atom stereocenters. The Morgan fingerprint density at radius 1 is 1.05 bits per heavy atom. The van der Waals surface area contributed by atoms with Crippen LogP contribution in [-0.2, 0) is 16.1 Å². The van der Waals surface area contributed by atoms with Crippen LogP contribution in [0.1, 0.15) is 15.9 Å². The predicted molar refractivity (Wildman–Crippen MR) is 79.4 cm³/mol. The summed E-state index contributed by atoms with van der Waals surface area (Å²) in [6, 6.07) is 15.9. The molecule has 0 bridgehead atoms. The largest absolute Gasteiger partial charge is 0.452 e. The summed E-state index contributed by atoms with van der Waals surface area (Å²) in [6.45, 7) is 0.0793. The van der Waals surface area contributed by atoms with Crippen molar-refractivity contribution in [2.45, 2.75) is 6.54 Å². The lowest BCUT2D eigenvalue weighted by atomic mass is 10.2. The fourth-order valence-electron chi connectivity index (χ4n) is 1.73. The van der Waals surface area contributed by atoms with Crippen molar-refractivity contribution in [3.05, 3.63) is 65.7 Å². The molecule has 0 unspecified atom stereocenters. The average molecular weight is 284 g/mol. The smallest absolute Gasteiger partial charge is 0.338 e. The van der Waals surface area contributed by atoms with Crippen LogP contribution in [0.2, 0.25) is 0 Å². The molecule has 0 fully saturated rings. The maximum atomic E-state index is 11.7. The number of nitrogens with two attached hydrogens (primary N) is 1. The van der Waals surface area contributed by atoms with Gasteiger partial charge in [0, 0.05) is 12.2 Å². The first-order valence-electron chi connectivity index (χ1n) is 6.48. The van der Waals surface area contributed by atoms with Gasteiger partial charge in [0.1, 0.15) is 0 Å². The van der Waals surface area contributed by atoms with Crippen LogP contribution in [0.3, 0.4) is 0 Å². The molecule has 0 heterocycles. The third kappa shape index (κ3) is 4.65. The summed E-state index contributed by atoms with van der Waals surface area (Å²) in [5.74, 6) is -0.923. The van der Waals surface area contributed by atoms with Gasteiger partial charge in [-0.15, -0.1) is 0 Å². The lowest BCUT2D eigenvalue weighted by molar-refractivity contribution is -0.124. The highest BCUT2D eigenvalue weighted by atomic mass is 16.5. The maximum Gasteiger partial charge on any atom is 0.338 e. The van der Waals surface area contributed by atoms with Crippen LogP contribution in [0.25, 0.3) is 0 Å². The molecule has 0 aliphatic heterocycles. The van der Waals surface area contributed by atoms with E-state index >= 15 is 0 Å². The summed E-state index contributed by atoms with van der Waals surface area (Å²) in [4.78, 5) is 23.3. The number of rotatable bonds is 5. The van der Waals surface area contributed by atoms with E-state index in [9.17, 15) is 9.59 Å². The lowest BCUT2D eigenvalue weighted by Crippen LogP contribution is -2.28. The maximum absolute atomic E-state index is 11.7. The molecule has 0 spiro atoms. The zero-order valence-corrected chi connectivity index (χ0v) is 11.4. The molecule has 0 saturated heterocycles. The molecule has 0 aromatic heterocycles. The Morgan fingerprint density at radius 2 is 1.81 bits per heavy atom. The second kappa shape index (κ2) is 7.09. The van der Waals surface area contributed by atoms with Gasteiger partial charge in [0.15, 0.2) is 6.61 Å². The van der Waals surface area contributed by atoms with Crippen molar-refractivity contribution in [1.29, 1.82) is 0 Å². The molecule has 2 rings (SSSR count). The zero-order valence-electron chi connectivity index (χ0n) is 11.4. The molecule has 5 heteroatoms. The highest BCUT2D eigenvalue weighted by Crippen LogP contribution is 2.07. The van der Waals surface area contributed by atoms with Gasteiger partial charge in [-0.2, -0.15) is 0 Å². The first-order valence-corrected chi connectivity index (χ1v) is 6.48. The van der Waals surface area contributed by atoms with Gasteiger partial charge in [-0.05, 0) is 23.8 Å². The first-order chi connectivity index (χ1) is 10.1. The molecule has 2 aromatic carbocycles. The number of amides is 1. The molecule has 108 valence electrons. The molecule has 5 nitrogen and oxygen atoms in total. The molecule has 21 heavy (non-hydrogen) atoms. The van der Waals surface area contributed by atoms with E-state index in [0.29, 0.717) is 17.8 Å². The number of benzene rings is 2. The van der Waals surface area contributed by atoms with E-state index in [1.54, 1.807) is 18.2 Å². The minimum atomic E-state index is -0.572. The highest BCUT2D eigenvalue weighted by Gasteiger charge is 2.10. The normalized spacial score (nSPS) is 9.90. The van der Waals surface area contributed by atoms with Gasteiger partial charge in [0.05, 0.1) is 5.56 Å². The van der Waals surface area contributed by atoms with E-state index in [0.717, 1.165) is 5.56 Å². The summed E-state index contributed by atoms with van der Waals surface area (Å²) >= 11 is 0. The second-order valence-corrected chi connectivity index (χ2v) is 4.46. The Balaban J connectivity index is 1.77. The molecule has 0 aliphatic carbocycles. The summed E-state index contributed by atoms with van der Waals surface area (Å²) in [6.07, 6.45) is 0. The van der Waals surface area contributed by atoms with Gasteiger partial charge in [-0.25, -0.2) is 4.79 Å². The zero-order chi connectivity index (χ0) is 15.1. The third-order valence-corrected chi connectivity index (χ3v) is 2.79. The van der Waals surface area contributed by atoms with Crippen LogP contribution in [0.5, 0.6) is 0 Å². The van der Waals surface area contributed by atoms with Crippen LogP contribution in [0, 0.1) is 0 Å². The molecule has 0 aliphatic rings. The first kappa shape index (κ1) is 14.6. The topological polar surface area (TPSA) is 81.4 Å². The van der Waals surface area contributed by atoms with Gasteiger partial charge in [0.2, 0.25) is 0 Å². The molecule has 0 saturated carbocycles. The van der Waals surface area contributed by atoms with E-state index in [-0.39, 0.29) is 12.5 Å². The van der Waals surface area contributed by atoms with Crippen molar-refractivity contribution in [3.63, 3.8) is 0 Å². The van der Waals surface area contributed by atoms with Crippen molar-refractivity contribution in [2.24, 2.45) is 0 Å². The Hall–Kier alpha value is -2.82. The van der Waals surface area contributed by atoms with Gasteiger partial charge >= 0.3 is 5.97 Å². The van der Waals surface area contributed by atoms with Crippen molar-refractivity contribution >= 4 is 17.6 Å².